The molecular formula is C13H30N2Si+. The Bertz CT molecular complexity index is 143. The Kier molecular flexibility index (Phi) is 10.4. The van der Waals surface area contributed by atoms with Gasteiger partial charge < -0.3 is 9.80 Å². The van der Waals surface area contributed by atoms with E-state index in [1.165, 1.54) is 51.6 Å². The Morgan fingerprint density at radius 2 is 1.38 bits per heavy atom. The second-order valence-corrected chi connectivity index (χ2v) is 6.14. The first-order chi connectivity index (χ1) is 7.56. The van der Waals surface area contributed by atoms with Crippen molar-refractivity contribution >= 4 is 10.2 Å². The first-order valence-corrected chi connectivity index (χ1v) is 7.43. The van der Waals surface area contributed by atoms with Gasteiger partial charge in [-0.25, -0.2) is 0 Å². The van der Waals surface area contributed by atoms with E-state index < -0.39 is 0 Å². The summed E-state index contributed by atoms with van der Waals surface area (Å²) in [7, 11) is 10.3. The molecule has 16 heavy (non-hydrogen) atoms. The molecule has 0 aromatic carbocycles. The van der Waals surface area contributed by atoms with Crippen LogP contribution in [0.4, 0.5) is 0 Å². The Morgan fingerprint density at radius 3 is 2.00 bits per heavy atom. The second-order valence-electron chi connectivity index (χ2n) is 5.64. The number of nitrogens with zero attached hydrogens (tertiary/aromatic N) is 1. The van der Waals surface area contributed by atoms with Gasteiger partial charge in [-0.3, -0.25) is 0 Å². The molecule has 0 amide bonds. The molecule has 3 radical (unpaired) electrons. The third-order valence-corrected chi connectivity index (χ3v) is 3.07. The van der Waals surface area contributed by atoms with Crippen LogP contribution in [0, 0.1) is 0 Å². The van der Waals surface area contributed by atoms with Gasteiger partial charge in [0.05, 0.1) is 27.7 Å². The number of unbranched alkanes of at least 4 members (excludes halogenated alkanes) is 4. The molecule has 0 aliphatic carbocycles. The standard InChI is InChI=1S/C13H30N2Si/c1-15(2,3)12-8-6-4-5-7-10-14-11-9-13-16/h14H,4-13H2,1-3H3/q+1. The van der Waals surface area contributed by atoms with Crippen molar-refractivity contribution in [3.05, 3.63) is 0 Å². The summed E-state index contributed by atoms with van der Waals surface area (Å²) in [4.78, 5) is 0. The van der Waals surface area contributed by atoms with Gasteiger partial charge in [-0.2, -0.15) is 0 Å². The molecule has 0 saturated carbocycles. The fourth-order valence-electron chi connectivity index (χ4n) is 1.70. The molecule has 0 fully saturated rings. The fraction of sp³-hybridized carbons (Fsp3) is 1.00. The molecule has 3 heteroatoms. The molecule has 95 valence electrons. The van der Waals surface area contributed by atoms with Crippen molar-refractivity contribution in [1.29, 1.82) is 0 Å². The SMILES string of the molecule is C[N+](C)(C)CCCCCCCNCCC[Si]. The average molecular weight is 242 g/mol. The van der Waals surface area contributed by atoms with Crippen LogP contribution in [0.15, 0.2) is 0 Å². The van der Waals surface area contributed by atoms with E-state index in [1.807, 2.05) is 0 Å². The third-order valence-electron chi connectivity index (χ3n) is 2.71. The minimum atomic E-state index is 1.11. The monoisotopic (exact) mass is 242 g/mol. The van der Waals surface area contributed by atoms with Crippen molar-refractivity contribution in [3.8, 4) is 0 Å². The fourth-order valence-corrected chi connectivity index (χ4v) is 1.88. The molecule has 0 unspecified atom stereocenters. The van der Waals surface area contributed by atoms with Crippen LogP contribution in [0.5, 0.6) is 0 Å². The third kappa shape index (κ3) is 14.1. The molecule has 0 heterocycles. The Balaban J connectivity index is 2.99. The van der Waals surface area contributed by atoms with Crippen molar-refractivity contribution in [2.45, 2.75) is 44.6 Å². The van der Waals surface area contributed by atoms with E-state index in [1.54, 1.807) is 0 Å². The topological polar surface area (TPSA) is 12.0 Å². The molecule has 0 aromatic heterocycles. The number of quaternary nitrogens is 1. The van der Waals surface area contributed by atoms with Crippen LogP contribution < -0.4 is 5.32 Å². The molecule has 0 aliphatic heterocycles. The molecular weight excluding hydrogens is 212 g/mol. The highest BCUT2D eigenvalue weighted by atomic mass is 28.1. The van der Waals surface area contributed by atoms with Gasteiger partial charge in [0.25, 0.3) is 0 Å². The van der Waals surface area contributed by atoms with E-state index in [2.05, 4.69) is 36.7 Å². The zero-order valence-electron chi connectivity index (χ0n) is 11.5. The Hall–Kier alpha value is 0.137. The number of rotatable bonds is 11. The summed E-state index contributed by atoms with van der Waals surface area (Å²) < 4.78 is 1.11. The van der Waals surface area contributed by atoms with Gasteiger partial charge in [0.2, 0.25) is 0 Å². The highest BCUT2D eigenvalue weighted by Gasteiger charge is 2.04. The molecule has 0 rings (SSSR count). The van der Waals surface area contributed by atoms with Crippen LogP contribution in [-0.2, 0) is 0 Å². The van der Waals surface area contributed by atoms with Gasteiger partial charge in [0, 0.05) is 10.2 Å². The summed E-state index contributed by atoms with van der Waals surface area (Å²) in [5, 5.41) is 3.47. The van der Waals surface area contributed by atoms with E-state index in [-0.39, 0.29) is 0 Å². The quantitative estimate of drug-likeness (QED) is 0.333. The van der Waals surface area contributed by atoms with E-state index in [4.69, 9.17) is 0 Å². The largest absolute Gasteiger partial charge is 0.331 e. The van der Waals surface area contributed by atoms with Crippen molar-refractivity contribution in [2.24, 2.45) is 0 Å². The van der Waals surface area contributed by atoms with Gasteiger partial charge in [-0.1, -0.05) is 18.9 Å². The minimum Gasteiger partial charge on any atom is -0.331 e. The summed E-state index contributed by atoms with van der Waals surface area (Å²) in [6.07, 6.45) is 8.14. The van der Waals surface area contributed by atoms with Gasteiger partial charge in [0.15, 0.2) is 0 Å². The lowest BCUT2D eigenvalue weighted by Crippen LogP contribution is -2.35. The lowest BCUT2D eigenvalue weighted by Gasteiger charge is -2.23. The summed E-state index contributed by atoms with van der Waals surface area (Å²) in [6.45, 7) is 3.66. The average Bonchev–Trinajstić information content (AvgIpc) is 2.19. The minimum absolute atomic E-state index is 1.11. The summed E-state index contributed by atoms with van der Waals surface area (Å²) in [5.74, 6) is 0. The molecule has 2 nitrogen and oxygen atoms in total. The van der Waals surface area contributed by atoms with Gasteiger partial charge >= 0.3 is 0 Å². The lowest BCUT2D eigenvalue weighted by atomic mass is 10.1. The van der Waals surface area contributed by atoms with Crippen LogP contribution in [-0.4, -0.2) is 55.5 Å². The maximum absolute atomic E-state index is 3.48. The van der Waals surface area contributed by atoms with Crippen LogP contribution in [0.3, 0.4) is 0 Å². The predicted octanol–water partition coefficient (Wildman–Crippen LogP) is 2.21. The molecule has 0 bridgehead atoms. The van der Waals surface area contributed by atoms with Crippen molar-refractivity contribution < 1.29 is 4.48 Å². The first kappa shape index (κ1) is 16.1. The van der Waals surface area contributed by atoms with Crippen molar-refractivity contribution in [2.75, 3.05) is 40.8 Å². The molecule has 0 aliphatic rings. The zero-order chi connectivity index (χ0) is 12.3. The zero-order valence-corrected chi connectivity index (χ0v) is 12.5. The maximum atomic E-state index is 3.48. The van der Waals surface area contributed by atoms with Crippen LogP contribution in [0.2, 0.25) is 6.04 Å². The van der Waals surface area contributed by atoms with Crippen LogP contribution in [0.25, 0.3) is 0 Å². The Morgan fingerprint density at radius 1 is 0.812 bits per heavy atom. The molecule has 0 spiro atoms. The molecule has 1 N–H and O–H groups in total. The van der Waals surface area contributed by atoms with Gasteiger partial charge in [0.1, 0.15) is 0 Å². The Labute approximate surface area is 106 Å². The van der Waals surface area contributed by atoms with E-state index in [9.17, 15) is 0 Å². The molecule has 0 atom stereocenters. The number of nitrogens with one attached hydrogen (secondary N) is 1. The number of hydrogen-bond acceptors (Lipinski definition) is 1. The summed E-state index contributed by atoms with van der Waals surface area (Å²) >= 11 is 0. The van der Waals surface area contributed by atoms with E-state index in [0.29, 0.717) is 0 Å². The second kappa shape index (κ2) is 10.3. The van der Waals surface area contributed by atoms with Crippen molar-refractivity contribution in [3.63, 3.8) is 0 Å². The lowest BCUT2D eigenvalue weighted by molar-refractivity contribution is -0.870. The van der Waals surface area contributed by atoms with Gasteiger partial charge in [-0.15, -0.1) is 0 Å². The van der Waals surface area contributed by atoms with E-state index >= 15 is 0 Å². The van der Waals surface area contributed by atoms with Crippen molar-refractivity contribution in [1.82, 2.24) is 5.32 Å². The van der Waals surface area contributed by atoms with Gasteiger partial charge in [-0.05, 0) is 38.8 Å². The van der Waals surface area contributed by atoms with E-state index in [0.717, 1.165) is 17.1 Å². The summed E-state index contributed by atoms with van der Waals surface area (Å²) in [6, 6.07) is 1.11. The highest BCUT2D eigenvalue weighted by Crippen LogP contribution is 2.04. The smallest absolute Gasteiger partial charge is 0.0780 e. The maximum Gasteiger partial charge on any atom is 0.0780 e. The van der Waals surface area contributed by atoms with Crippen LogP contribution in [0.1, 0.15) is 38.5 Å². The first-order valence-electron chi connectivity index (χ1n) is 6.72. The summed E-state index contributed by atoms with van der Waals surface area (Å²) in [5.41, 5.74) is 0. The predicted molar refractivity (Wildman–Crippen MR) is 74.0 cm³/mol. The molecule has 0 saturated heterocycles. The normalized spacial score (nSPS) is 12.0. The molecule has 0 aromatic rings. The highest BCUT2D eigenvalue weighted by molar-refractivity contribution is 6.08. The number of hydrogen-bond donors (Lipinski definition) is 1. The van der Waals surface area contributed by atoms with Crippen LogP contribution >= 0.6 is 0 Å².